The van der Waals surface area contributed by atoms with E-state index in [1.54, 1.807) is 4.68 Å². The predicted octanol–water partition coefficient (Wildman–Crippen LogP) is 2.23. The van der Waals surface area contributed by atoms with Gasteiger partial charge in [-0.2, -0.15) is 4.31 Å². The molecule has 5 rings (SSSR count). The largest absolute Gasteiger partial charge is 0.465 e. The fourth-order valence-corrected chi connectivity index (χ4v) is 5.99. The fraction of sp³-hybridized carbons (Fsp3) is 0.320. The zero-order valence-corrected chi connectivity index (χ0v) is 21.2. The Labute approximate surface area is 213 Å². The summed E-state index contributed by atoms with van der Waals surface area (Å²) < 4.78 is 34.3. The highest BCUT2D eigenvalue weighted by atomic mass is 32.2. The highest BCUT2D eigenvalue weighted by Crippen LogP contribution is 2.29. The lowest BCUT2D eigenvalue weighted by Crippen LogP contribution is -2.39. The summed E-state index contributed by atoms with van der Waals surface area (Å²) in [6.45, 7) is 2.92. The van der Waals surface area contributed by atoms with Gasteiger partial charge in [-0.15, -0.1) is 5.10 Å². The number of fused-ring (bicyclic) bond motifs is 1. The van der Waals surface area contributed by atoms with Crippen LogP contribution in [0.2, 0.25) is 0 Å². The number of nitrogens with zero attached hydrogens (tertiary/aromatic N) is 5. The average molecular weight is 523 g/mol. The van der Waals surface area contributed by atoms with E-state index in [-0.39, 0.29) is 28.4 Å². The second-order valence-corrected chi connectivity index (χ2v) is 11.0. The van der Waals surface area contributed by atoms with E-state index in [0.29, 0.717) is 37.4 Å². The Hall–Kier alpha value is -3.90. The van der Waals surface area contributed by atoms with Crippen LogP contribution in [-0.2, 0) is 21.3 Å². The highest BCUT2D eigenvalue weighted by Gasteiger charge is 2.32. The number of piperidine rings is 1. The second-order valence-electron chi connectivity index (χ2n) is 9.07. The van der Waals surface area contributed by atoms with E-state index in [1.165, 1.54) is 35.7 Å². The molecule has 192 valence electrons. The SMILES string of the molecule is COC(=O)c1ccc(S(=O)(=O)N2CCC[C@H](c3nc4c(nnn4Cc4ccc(C)cc4)c(=O)[nH]3)C2)cc1. The van der Waals surface area contributed by atoms with Gasteiger partial charge in [-0.25, -0.2) is 22.9 Å². The van der Waals surface area contributed by atoms with Crippen LogP contribution in [0.5, 0.6) is 0 Å². The van der Waals surface area contributed by atoms with Crippen LogP contribution in [0.25, 0.3) is 11.2 Å². The zero-order valence-electron chi connectivity index (χ0n) is 20.4. The standard InChI is InChI=1S/C25H26N6O5S/c1-16-5-7-17(8-6-16)14-31-23-21(28-29-31)24(32)27-22(26-23)19-4-3-13-30(15-19)37(34,35)20-11-9-18(10-12-20)25(33)36-2/h5-12,19H,3-4,13-15H2,1-2H3,(H,26,27,32)/t19-/m0/s1. The molecule has 1 aliphatic heterocycles. The van der Waals surface area contributed by atoms with Gasteiger partial charge in [0, 0.05) is 19.0 Å². The number of aryl methyl sites for hydroxylation is 1. The smallest absolute Gasteiger partial charge is 0.337 e. The second kappa shape index (κ2) is 9.87. The normalized spacial score (nSPS) is 16.6. The van der Waals surface area contributed by atoms with E-state index in [2.05, 4.69) is 25.0 Å². The van der Waals surface area contributed by atoms with E-state index in [0.717, 1.165) is 11.1 Å². The third kappa shape index (κ3) is 4.89. The van der Waals surface area contributed by atoms with Crippen molar-refractivity contribution < 1.29 is 17.9 Å². The van der Waals surface area contributed by atoms with Crippen molar-refractivity contribution >= 4 is 27.2 Å². The molecule has 0 bridgehead atoms. The summed E-state index contributed by atoms with van der Waals surface area (Å²) in [5.74, 6) is -0.438. The lowest BCUT2D eigenvalue weighted by molar-refractivity contribution is 0.0600. The molecule has 12 heteroatoms. The minimum absolute atomic E-state index is 0.0816. The Kier molecular flexibility index (Phi) is 6.61. The summed E-state index contributed by atoms with van der Waals surface area (Å²) in [6, 6.07) is 13.6. The van der Waals surface area contributed by atoms with Gasteiger partial charge >= 0.3 is 5.97 Å². The van der Waals surface area contributed by atoms with Crippen molar-refractivity contribution in [2.24, 2.45) is 0 Å². The van der Waals surface area contributed by atoms with Crippen LogP contribution in [0.15, 0.2) is 58.2 Å². The summed E-state index contributed by atoms with van der Waals surface area (Å²) in [7, 11) is -2.55. The molecule has 1 aliphatic rings. The number of aromatic amines is 1. The number of aromatic nitrogens is 5. The lowest BCUT2D eigenvalue weighted by Gasteiger charge is -2.31. The maximum atomic E-state index is 13.3. The number of hydrogen-bond donors (Lipinski definition) is 1. The Morgan fingerprint density at radius 3 is 2.57 bits per heavy atom. The maximum Gasteiger partial charge on any atom is 0.337 e. The number of sulfonamides is 1. The molecule has 0 saturated carbocycles. The number of ether oxygens (including phenoxy) is 1. The lowest BCUT2D eigenvalue weighted by atomic mass is 9.99. The molecule has 1 fully saturated rings. The van der Waals surface area contributed by atoms with Gasteiger partial charge in [0.25, 0.3) is 5.56 Å². The van der Waals surface area contributed by atoms with E-state index in [1.807, 2.05) is 31.2 Å². The first-order valence-electron chi connectivity index (χ1n) is 11.8. The summed E-state index contributed by atoms with van der Waals surface area (Å²) in [5.41, 5.74) is 2.49. The Morgan fingerprint density at radius 1 is 1.14 bits per heavy atom. The minimum atomic E-state index is -3.81. The third-order valence-corrected chi connectivity index (χ3v) is 8.41. The number of carbonyl (C=O) groups excluding carboxylic acids is 1. The number of hydrogen-bond acceptors (Lipinski definition) is 8. The number of carbonyl (C=O) groups is 1. The topological polar surface area (TPSA) is 140 Å². The molecule has 0 unspecified atom stereocenters. The summed E-state index contributed by atoms with van der Waals surface area (Å²) >= 11 is 0. The van der Waals surface area contributed by atoms with Crippen molar-refractivity contribution in [3.8, 4) is 0 Å². The van der Waals surface area contributed by atoms with Crippen LogP contribution in [0.1, 0.15) is 46.1 Å². The molecule has 2 aromatic heterocycles. The number of esters is 1. The molecule has 11 nitrogen and oxygen atoms in total. The number of methoxy groups -OCH3 is 1. The van der Waals surface area contributed by atoms with Crippen LogP contribution in [0, 0.1) is 6.92 Å². The van der Waals surface area contributed by atoms with E-state index >= 15 is 0 Å². The molecule has 0 radical (unpaired) electrons. The molecule has 1 N–H and O–H groups in total. The third-order valence-electron chi connectivity index (χ3n) is 6.53. The molecule has 3 heterocycles. The van der Waals surface area contributed by atoms with Gasteiger partial charge in [0.2, 0.25) is 10.0 Å². The quantitative estimate of drug-likeness (QED) is 0.380. The van der Waals surface area contributed by atoms with E-state index in [9.17, 15) is 18.0 Å². The highest BCUT2D eigenvalue weighted by molar-refractivity contribution is 7.89. The molecule has 4 aromatic rings. The van der Waals surface area contributed by atoms with E-state index in [4.69, 9.17) is 0 Å². The van der Waals surface area contributed by atoms with Gasteiger partial charge in [-0.05, 0) is 49.6 Å². The van der Waals surface area contributed by atoms with Crippen molar-refractivity contribution in [1.82, 2.24) is 29.3 Å². The first kappa shape index (κ1) is 24.8. The van der Waals surface area contributed by atoms with Gasteiger partial charge in [-0.1, -0.05) is 35.0 Å². The Bertz CT molecular complexity index is 1610. The monoisotopic (exact) mass is 522 g/mol. The van der Waals surface area contributed by atoms with Crippen LogP contribution in [0.3, 0.4) is 0 Å². The molecule has 0 amide bonds. The number of benzene rings is 2. The van der Waals surface area contributed by atoms with Crippen molar-refractivity contribution in [1.29, 1.82) is 0 Å². The van der Waals surface area contributed by atoms with Crippen molar-refractivity contribution in [2.45, 2.75) is 37.1 Å². The molecular formula is C25H26N6O5S. The van der Waals surface area contributed by atoms with Gasteiger partial charge in [0.1, 0.15) is 5.82 Å². The predicted molar refractivity (Wildman–Crippen MR) is 135 cm³/mol. The Balaban J connectivity index is 1.41. The molecule has 2 aromatic carbocycles. The Morgan fingerprint density at radius 2 is 1.86 bits per heavy atom. The molecule has 1 atom stereocenters. The molecule has 37 heavy (non-hydrogen) atoms. The van der Waals surface area contributed by atoms with Crippen LogP contribution in [-0.4, -0.2) is 63.9 Å². The van der Waals surface area contributed by atoms with Crippen LogP contribution < -0.4 is 5.56 Å². The zero-order chi connectivity index (χ0) is 26.2. The van der Waals surface area contributed by atoms with Crippen molar-refractivity contribution in [3.63, 3.8) is 0 Å². The summed E-state index contributed by atoms with van der Waals surface area (Å²) in [5, 5.41) is 8.13. The van der Waals surface area contributed by atoms with Gasteiger partial charge in [0.15, 0.2) is 11.2 Å². The first-order valence-corrected chi connectivity index (χ1v) is 13.3. The van der Waals surface area contributed by atoms with Crippen LogP contribution >= 0.6 is 0 Å². The number of nitrogens with one attached hydrogen (secondary N) is 1. The fourth-order valence-electron chi connectivity index (χ4n) is 4.46. The molecular weight excluding hydrogens is 496 g/mol. The average Bonchev–Trinajstić information content (AvgIpc) is 3.32. The van der Waals surface area contributed by atoms with Gasteiger partial charge in [-0.3, -0.25) is 4.79 Å². The van der Waals surface area contributed by atoms with Gasteiger partial charge < -0.3 is 9.72 Å². The first-order chi connectivity index (χ1) is 17.8. The van der Waals surface area contributed by atoms with Crippen LogP contribution in [0.4, 0.5) is 0 Å². The molecule has 0 aliphatic carbocycles. The van der Waals surface area contributed by atoms with E-state index < -0.39 is 21.6 Å². The van der Waals surface area contributed by atoms with Crippen molar-refractivity contribution in [3.05, 3.63) is 81.4 Å². The summed E-state index contributed by atoms with van der Waals surface area (Å²) in [6.07, 6.45) is 1.27. The molecule has 0 spiro atoms. The number of H-pyrrole nitrogens is 1. The number of rotatable bonds is 6. The minimum Gasteiger partial charge on any atom is -0.465 e. The summed E-state index contributed by atoms with van der Waals surface area (Å²) in [4.78, 5) is 32.0. The van der Waals surface area contributed by atoms with Gasteiger partial charge in [0.05, 0.1) is 24.1 Å². The maximum absolute atomic E-state index is 13.3. The molecule has 1 saturated heterocycles. The van der Waals surface area contributed by atoms with Crippen molar-refractivity contribution in [2.75, 3.05) is 20.2 Å².